The molecule has 1 aliphatic heterocycles. The van der Waals surface area contributed by atoms with Crippen molar-refractivity contribution in [1.82, 2.24) is 5.06 Å². The summed E-state index contributed by atoms with van der Waals surface area (Å²) in [5, 5.41) is 12.1. The van der Waals surface area contributed by atoms with Crippen molar-refractivity contribution in [3.8, 4) is 0 Å². The van der Waals surface area contributed by atoms with Gasteiger partial charge >= 0.3 is 0 Å². The maximum Gasteiger partial charge on any atom is 0.0615 e. The molecule has 1 N–H and O–H groups in total. The van der Waals surface area contributed by atoms with Crippen LogP contribution in [-0.2, 0) is 4.74 Å². The minimum Gasteiger partial charge on any atom is -0.375 e. The molecule has 3 heteroatoms. The molecule has 0 radical (unpaired) electrons. The summed E-state index contributed by atoms with van der Waals surface area (Å²) >= 11 is 0. The fourth-order valence-corrected chi connectivity index (χ4v) is 4.78. The lowest BCUT2D eigenvalue weighted by atomic mass is 9.80. The summed E-state index contributed by atoms with van der Waals surface area (Å²) in [6, 6.07) is 9.19. The van der Waals surface area contributed by atoms with E-state index in [-0.39, 0.29) is 23.3 Å². The zero-order valence-corrected chi connectivity index (χ0v) is 19.5. The molecule has 3 unspecified atom stereocenters. The van der Waals surface area contributed by atoms with Gasteiger partial charge < -0.3 is 9.94 Å². The number of piperidine rings is 1. The van der Waals surface area contributed by atoms with Crippen LogP contribution in [0.25, 0.3) is 0 Å². The van der Waals surface area contributed by atoms with Crippen molar-refractivity contribution >= 4 is 0 Å². The molecule has 0 aliphatic carbocycles. The lowest BCUT2D eigenvalue weighted by molar-refractivity contribution is -0.264. The van der Waals surface area contributed by atoms with E-state index in [0.29, 0.717) is 11.8 Å². The van der Waals surface area contributed by atoms with Crippen molar-refractivity contribution in [1.29, 1.82) is 0 Å². The van der Waals surface area contributed by atoms with E-state index in [1.54, 1.807) is 0 Å². The molecule has 1 saturated heterocycles. The molecule has 0 amide bonds. The van der Waals surface area contributed by atoms with Crippen LogP contribution in [-0.4, -0.2) is 33.6 Å². The Morgan fingerprint density at radius 2 is 1.39 bits per heavy atom. The molecular formula is C25H43NO2. The van der Waals surface area contributed by atoms with Crippen LogP contribution in [0, 0.1) is 0 Å². The fraction of sp³-hybridized carbons (Fsp3) is 0.760. The van der Waals surface area contributed by atoms with Gasteiger partial charge in [0, 0.05) is 11.1 Å². The molecule has 2 rings (SSSR count). The van der Waals surface area contributed by atoms with Crippen LogP contribution in [0.15, 0.2) is 24.3 Å². The number of ether oxygens (including phenoxy) is 1. The van der Waals surface area contributed by atoms with E-state index in [2.05, 4.69) is 79.7 Å². The van der Waals surface area contributed by atoms with Crippen molar-refractivity contribution in [2.45, 2.75) is 123 Å². The number of hydroxylamine groups is 2. The van der Waals surface area contributed by atoms with E-state index < -0.39 is 0 Å². The molecule has 1 aromatic carbocycles. The van der Waals surface area contributed by atoms with Crippen molar-refractivity contribution in [2.24, 2.45) is 0 Å². The highest BCUT2D eigenvalue weighted by atomic mass is 16.5. The third-order valence-electron chi connectivity index (χ3n) is 6.74. The Hall–Kier alpha value is -0.900. The normalized spacial score (nSPS) is 23.3. The summed E-state index contributed by atoms with van der Waals surface area (Å²) in [6.07, 6.45) is 5.42. The highest BCUT2D eigenvalue weighted by Crippen LogP contribution is 2.39. The van der Waals surface area contributed by atoms with Gasteiger partial charge in [0.25, 0.3) is 0 Å². The van der Waals surface area contributed by atoms with E-state index in [0.717, 1.165) is 25.7 Å². The summed E-state index contributed by atoms with van der Waals surface area (Å²) in [5.41, 5.74) is 2.31. The number of hydrogen-bond acceptors (Lipinski definition) is 3. The lowest BCUT2D eigenvalue weighted by Gasteiger charge is -2.51. The van der Waals surface area contributed by atoms with Gasteiger partial charge in [0.2, 0.25) is 0 Å². The summed E-state index contributed by atoms with van der Waals surface area (Å²) in [7, 11) is 0. The number of hydrogen-bond donors (Lipinski definition) is 1. The van der Waals surface area contributed by atoms with Crippen LogP contribution in [0.2, 0.25) is 0 Å². The summed E-state index contributed by atoms with van der Waals surface area (Å²) in [5.74, 6) is 1.11. The Morgan fingerprint density at radius 1 is 0.929 bits per heavy atom. The Morgan fingerprint density at radius 3 is 1.82 bits per heavy atom. The third kappa shape index (κ3) is 5.58. The zero-order chi connectivity index (χ0) is 21.1. The zero-order valence-electron chi connectivity index (χ0n) is 19.5. The molecule has 0 bridgehead atoms. The topological polar surface area (TPSA) is 32.7 Å². The Labute approximate surface area is 173 Å². The Kier molecular flexibility index (Phi) is 7.75. The minimum absolute atomic E-state index is 0.193. The standard InChI is InChI=1S/C25H43NO2/c1-9-18(3)20-11-13-21(14-12-20)19(4)15-22(10-2)28-23-16-24(5,6)26(27)25(7,8)17-23/h11-14,18-19,22-23,27H,9-10,15-17H2,1-8H3. The molecule has 3 nitrogen and oxygen atoms in total. The van der Waals surface area contributed by atoms with Gasteiger partial charge in [0.05, 0.1) is 12.2 Å². The van der Waals surface area contributed by atoms with Gasteiger partial charge in [-0.1, -0.05) is 52.0 Å². The quantitative estimate of drug-likeness (QED) is 0.525. The summed E-state index contributed by atoms with van der Waals surface area (Å²) in [4.78, 5) is 0. The van der Waals surface area contributed by atoms with E-state index >= 15 is 0 Å². The van der Waals surface area contributed by atoms with E-state index in [1.165, 1.54) is 22.6 Å². The number of nitrogens with zero attached hydrogens (tertiary/aromatic N) is 1. The maximum absolute atomic E-state index is 10.5. The first-order valence-electron chi connectivity index (χ1n) is 11.2. The molecule has 1 aromatic rings. The Bertz CT molecular complexity index is 589. The average Bonchev–Trinajstić information content (AvgIpc) is 2.64. The van der Waals surface area contributed by atoms with Gasteiger partial charge in [-0.2, -0.15) is 5.06 Å². The van der Waals surface area contributed by atoms with Gasteiger partial charge in [-0.15, -0.1) is 0 Å². The second kappa shape index (κ2) is 9.28. The first-order valence-corrected chi connectivity index (χ1v) is 11.2. The number of benzene rings is 1. The molecular weight excluding hydrogens is 346 g/mol. The maximum atomic E-state index is 10.5. The van der Waals surface area contributed by atoms with Crippen LogP contribution < -0.4 is 0 Å². The minimum atomic E-state index is -0.262. The SMILES string of the molecule is CCC(CC(C)c1ccc(C(C)CC)cc1)OC1CC(C)(C)N(O)C(C)(C)C1. The smallest absolute Gasteiger partial charge is 0.0615 e. The largest absolute Gasteiger partial charge is 0.375 e. The lowest BCUT2D eigenvalue weighted by Crippen LogP contribution is -2.60. The van der Waals surface area contributed by atoms with Crippen LogP contribution in [0.4, 0.5) is 0 Å². The highest BCUT2D eigenvalue weighted by Gasteiger charge is 2.45. The van der Waals surface area contributed by atoms with E-state index in [4.69, 9.17) is 4.74 Å². The van der Waals surface area contributed by atoms with Crippen LogP contribution in [0.5, 0.6) is 0 Å². The molecule has 0 aromatic heterocycles. The third-order valence-corrected chi connectivity index (χ3v) is 6.74. The van der Waals surface area contributed by atoms with Crippen LogP contribution in [0.1, 0.15) is 110 Å². The second-order valence-electron chi connectivity index (χ2n) is 10.2. The predicted octanol–water partition coefficient (Wildman–Crippen LogP) is 6.90. The van der Waals surface area contributed by atoms with Gasteiger partial charge in [-0.05, 0) is 82.8 Å². The first kappa shape index (κ1) is 23.4. The van der Waals surface area contributed by atoms with E-state index in [1.807, 2.05) is 0 Å². The molecule has 1 fully saturated rings. The highest BCUT2D eigenvalue weighted by molar-refractivity contribution is 5.27. The molecule has 0 spiro atoms. The molecule has 160 valence electrons. The van der Waals surface area contributed by atoms with Gasteiger partial charge in [0.15, 0.2) is 0 Å². The second-order valence-corrected chi connectivity index (χ2v) is 10.2. The molecule has 1 heterocycles. The van der Waals surface area contributed by atoms with E-state index in [9.17, 15) is 5.21 Å². The molecule has 1 aliphatic rings. The van der Waals surface area contributed by atoms with Gasteiger partial charge in [-0.3, -0.25) is 0 Å². The van der Waals surface area contributed by atoms with Gasteiger partial charge in [0.1, 0.15) is 0 Å². The Balaban J connectivity index is 2.00. The number of rotatable bonds is 8. The fourth-order valence-electron chi connectivity index (χ4n) is 4.78. The molecule has 3 atom stereocenters. The monoisotopic (exact) mass is 389 g/mol. The van der Waals surface area contributed by atoms with Crippen LogP contribution in [0.3, 0.4) is 0 Å². The van der Waals surface area contributed by atoms with Gasteiger partial charge in [-0.25, -0.2) is 0 Å². The molecule has 28 heavy (non-hydrogen) atoms. The average molecular weight is 390 g/mol. The van der Waals surface area contributed by atoms with Crippen LogP contribution >= 0.6 is 0 Å². The van der Waals surface area contributed by atoms with Crippen molar-refractivity contribution in [2.75, 3.05) is 0 Å². The predicted molar refractivity (Wildman–Crippen MR) is 118 cm³/mol. The summed E-state index contributed by atoms with van der Waals surface area (Å²) in [6.45, 7) is 17.5. The van der Waals surface area contributed by atoms with Crippen molar-refractivity contribution in [3.63, 3.8) is 0 Å². The van der Waals surface area contributed by atoms with Crippen molar-refractivity contribution < 1.29 is 9.94 Å². The summed E-state index contributed by atoms with van der Waals surface area (Å²) < 4.78 is 6.59. The van der Waals surface area contributed by atoms with Crippen molar-refractivity contribution in [3.05, 3.63) is 35.4 Å². The molecule has 0 saturated carbocycles. The first-order chi connectivity index (χ1) is 13.0.